The molecule has 2 saturated heterocycles. The van der Waals surface area contributed by atoms with Crippen LogP contribution < -0.4 is 5.32 Å². The van der Waals surface area contributed by atoms with Gasteiger partial charge in [-0.3, -0.25) is 4.79 Å². The third-order valence-corrected chi connectivity index (χ3v) is 4.48. The molecule has 0 bridgehead atoms. The number of alkyl carbamates (subject to hydrolysis) is 1. The molecule has 2 aliphatic heterocycles. The fourth-order valence-corrected chi connectivity index (χ4v) is 3.23. The van der Waals surface area contributed by atoms with Crippen LogP contribution in [-0.4, -0.2) is 60.2 Å². The number of hydrogen-bond acceptors (Lipinski definition) is 8. The van der Waals surface area contributed by atoms with Gasteiger partial charge < -0.3 is 34.1 Å². The molecule has 9 heteroatoms. The monoisotopic (exact) mass is 395 g/mol. The van der Waals surface area contributed by atoms with Crippen LogP contribution in [0.15, 0.2) is 30.3 Å². The van der Waals surface area contributed by atoms with E-state index in [1.54, 1.807) is 13.8 Å². The summed E-state index contributed by atoms with van der Waals surface area (Å²) >= 11 is 0. The molecule has 9 nitrogen and oxygen atoms in total. The van der Waals surface area contributed by atoms with Crippen LogP contribution >= 0.6 is 0 Å². The topological polar surface area (TPSA) is 113 Å². The lowest BCUT2D eigenvalue weighted by atomic mass is 9.95. The molecule has 1 amide bonds. The van der Waals surface area contributed by atoms with Crippen LogP contribution in [0.2, 0.25) is 0 Å². The van der Waals surface area contributed by atoms with Crippen LogP contribution in [0.5, 0.6) is 0 Å². The normalized spacial score (nSPS) is 31.4. The minimum Gasteiger partial charge on any atom is -0.457 e. The van der Waals surface area contributed by atoms with Crippen molar-refractivity contribution in [2.24, 2.45) is 0 Å². The van der Waals surface area contributed by atoms with E-state index in [1.165, 1.54) is 6.92 Å². The fourth-order valence-electron chi connectivity index (χ4n) is 3.23. The Kier molecular flexibility index (Phi) is 6.19. The molecule has 3 rings (SSSR count). The Morgan fingerprint density at radius 2 is 2.00 bits per heavy atom. The van der Waals surface area contributed by atoms with Gasteiger partial charge >= 0.3 is 12.1 Å². The number of amides is 1. The molecule has 0 radical (unpaired) electrons. The smallest absolute Gasteiger partial charge is 0.407 e. The molecule has 0 spiro atoms. The van der Waals surface area contributed by atoms with E-state index in [0.29, 0.717) is 0 Å². The second kappa shape index (κ2) is 8.44. The molecule has 5 atom stereocenters. The van der Waals surface area contributed by atoms with Crippen molar-refractivity contribution < 1.29 is 38.4 Å². The highest BCUT2D eigenvalue weighted by molar-refractivity contribution is 5.68. The highest BCUT2D eigenvalue weighted by atomic mass is 16.7. The zero-order valence-electron chi connectivity index (χ0n) is 16.0. The van der Waals surface area contributed by atoms with E-state index in [2.05, 4.69) is 5.32 Å². The van der Waals surface area contributed by atoms with Crippen molar-refractivity contribution in [3.63, 3.8) is 0 Å². The number of carbonyl (C=O) groups excluding carboxylic acids is 2. The van der Waals surface area contributed by atoms with Gasteiger partial charge in [0.05, 0.1) is 6.61 Å². The van der Waals surface area contributed by atoms with E-state index in [1.807, 2.05) is 30.3 Å². The van der Waals surface area contributed by atoms with Crippen molar-refractivity contribution in [2.75, 3.05) is 6.61 Å². The molecular formula is C19H25NO8. The highest BCUT2D eigenvalue weighted by Gasteiger charge is 2.53. The molecule has 1 aromatic carbocycles. The predicted octanol–water partition coefficient (Wildman–Crippen LogP) is 1.08. The van der Waals surface area contributed by atoms with Gasteiger partial charge in [-0.05, 0) is 19.4 Å². The molecule has 0 aromatic heterocycles. The summed E-state index contributed by atoms with van der Waals surface area (Å²) in [4.78, 5) is 23.9. The van der Waals surface area contributed by atoms with Crippen LogP contribution in [0.1, 0.15) is 26.3 Å². The Bertz CT molecular complexity index is 694. The number of aliphatic hydroxyl groups excluding tert-OH is 1. The largest absolute Gasteiger partial charge is 0.457 e. The number of rotatable bonds is 4. The van der Waals surface area contributed by atoms with Gasteiger partial charge in [0.15, 0.2) is 18.2 Å². The van der Waals surface area contributed by atoms with Crippen LogP contribution in [0, 0.1) is 0 Å². The van der Waals surface area contributed by atoms with Crippen molar-refractivity contribution in [1.82, 2.24) is 5.32 Å². The van der Waals surface area contributed by atoms with Gasteiger partial charge in [-0.2, -0.15) is 0 Å². The first-order valence-electron chi connectivity index (χ1n) is 9.05. The Labute approximate surface area is 162 Å². The molecule has 2 aliphatic rings. The number of ether oxygens (including phenoxy) is 5. The number of fused-ring (bicyclic) bond motifs is 1. The number of carbonyl (C=O) groups is 2. The molecule has 1 aromatic rings. The first-order valence-corrected chi connectivity index (χ1v) is 9.05. The van der Waals surface area contributed by atoms with E-state index < -0.39 is 48.5 Å². The number of esters is 1. The maximum atomic E-state index is 12.2. The Morgan fingerprint density at radius 3 is 2.68 bits per heavy atom. The lowest BCUT2D eigenvalue weighted by Gasteiger charge is -2.49. The molecule has 2 N–H and O–H groups in total. The quantitative estimate of drug-likeness (QED) is 0.729. The van der Waals surface area contributed by atoms with Crippen molar-refractivity contribution in [3.8, 4) is 0 Å². The van der Waals surface area contributed by atoms with Gasteiger partial charge in [0.25, 0.3) is 0 Å². The van der Waals surface area contributed by atoms with Gasteiger partial charge in [0, 0.05) is 6.92 Å². The zero-order chi connectivity index (χ0) is 20.3. The van der Waals surface area contributed by atoms with Crippen molar-refractivity contribution in [3.05, 3.63) is 35.9 Å². The minimum absolute atomic E-state index is 0.0536. The van der Waals surface area contributed by atoms with E-state index in [4.69, 9.17) is 23.7 Å². The predicted molar refractivity (Wildman–Crippen MR) is 94.9 cm³/mol. The van der Waals surface area contributed by atoms with Gasteiger partial charge in [-0.15, -0.1) is 0 Å². The van der Waals surface area contributed by atoms with E-state index in [0.717, 1.165) is 5.56 Å². The molecule has 154 valence electrons. The summed E-state index contributed by atoms with van der Waals surface area (Å²) in [5.41, 5.74) is 0.809. The average molecular weight is 395 g/mol. The van der Waals surface area contributed by atoms with Crippen molar-refractivity contribution >= 4 is 12.1 Å². The molecule has 28 heavy (non-hydrogen) atoms. The van der Waals surface area contributed by atoms with E-state index in [-0.39, 0.29) is 13.2 Å². The molecule has 2 heterocycles. The number of hydrogen-bond donors (Lipinski definition) is 2. The van der Waals surface area contributed by atoms with Crippen LogP contribution in [0.4, 0.5) is 4.79 Å². The Morgan fingerprint density at radius 1 is 1.29 bits per heavy atom. The number of aliphatic hydroxyl groups is 1. The van der Waals surface area contributed by atoms with Gasteiger partial charge in [0.1, 0.15) is 24.9 Å². The summed E-state index contributed by atoms with van der Waals surface area (Å²) in [6, 6.07) is 8.08. The summed E-state index contributed by atoms with van der Waals surface area (Å²) in [6.45, 7) is 4.88. The minimum atomic E-state index is -1.43. The highest BCUT2D eigenvalue weighted by Crippen LogP contribution is 2.33. The first-order chi connectivity index (χ1) is 13.2. The molecular weight excluding hydrogens is 370 g/mol. The summed E-state index contributed by atoms with van der Waals surface area (Å²) in [7, 11) is 0. The zero-order valence-corrected chi connectivity index (χ0v) is 16.0. The summed E-state index contributed by atoms with van der Waals surface area (Å²) in [5.74, 6) is -1.50. The van der Waals surface area contributed by atoms with Crippen molar-refractivity contribution in [2.45, 2.75) is 63.8 Å². The maximum Gasteiger partial charge on any atom is 0.407 e. The van der Waals surface area contributed by atoms with Crippen molar-refractivity contribution in [1.29, 1.82) is 0 Å². The third kappa shape index (κ3) is 4.99. The second-order valence-corrected chi connectivity index (χ2v) is 7.16. The van der Waals surface area contributed by atoms with E-state index >= 15 is 0 Å². The second-order valence-electron chi connectivity index (χ2n) is 7.16. The van der Waals surface area contributed by atoms with Crippen LogP contribution in [0.3, 0.4) is 0 Å². The summed E-state index contributed by atoms with van der Waals surface area (Å²) < 4.78 is 27.5. The SMILES string of the molecule is CC(=O)O[C@@H]1[C@@H](NC(=O)OCc2ccccc2)[C@@H](O)O[C@@H]2COC(C)(C)O[C@@H]12. The van der Waals surface area contributed by atoms with Crippen LogP contribution in [-0.2, 0) is 35.1 Å². The average Bonchev–Trinajstić information content (AvgIpc) is 2.64. The van der Waals surface area contributed by atoms with Crippen LogP contribution in [0.25, 0.3) is 0 Å². The lowest BCUT2D eigenvalue weighted by molar-refractivity contribution is -0.364. The molecule has 0 aliphatic carbocycles. The lowest BCUT2D eigenvalue weighted by Crippen LogP contribution is -2.69. The fraction of sp³-hybridized carbons (Fsp3) is 0.579. The first kappa shape index (κ1) is 20.5. The summed E-state index contributed by atoms with van der Waals surface area (Å²) in [5, 5.41) is 12.9. The molecule has 0 saturated carbocycles. The molecule has 2 fully saturated rings. The summed E-state index contributed by atoms with van der Waals surface area (Å²) in [6.07, 6.45) is -4.55. The Hall–Kier alpha value is -2.20. The van der Waals surface area contributed by atoms with Gasteiger partial charge in [0.2, 0.25) is 0 Å². The Balaban J connectivity index is 1.69. The molecule has 0 unspecified atom stereocenters. The van der Waals surface area contributed by atoms with E-state index in [9.17, 15) is 14.7 Å². The number of nitrogens with one attached hydrogen (secondary N) is 1. The van der Waals surface area contributed by atoms with Gasteiger partial charge in [-0.25, -0.2) is 4.79 Å². The number of benzene rings is 1. The standard InChI is InChI=1S/C19H25NO8/c1-11(21)26-16-14(20-18(23)24-9-12-7-5-4-6-8-12)17(22)27-13-10-25-19(2,3)28-15(13)16/h4-8,13-17,22H,9-10H2,1-3H3,(H,20,23)/t13-,14-,15-,16-,17+/m1/s1. The maximum absolute atomic E-state index is 12.2. The third-order valence-electron chi connectivity index (χ3n) is 4.48. The van der Waals surface area contributed by atoms with Gasteiger partial charge in [-0.1, -0.05) is 30.3 Å².